The summed E-state index contributed by atoms with van der Waals surface area (Å²) >= 11 is 0. The van der Waals surface area contributed by atoms with E-state index >= 15 is 0 Å². The van der Waals surface area contributed by atoms with Gasteiger partial charge < -0.3 is 15.0 Å². The second-order valence-corrected chi connectivity index (χ2v) is 9.53. The summed E-state index contributed by atoms with van der Waals surface area (Å²) in [7, 11) is 5.05. The fraction of sp³-hybridized carbons (Fsp3) is 0.346. The van der Waals surface area contributed by atoms with Crippen molar-refractivity contribution in [3.05, 3.63) is 59.2 Å². The number of aromatic nitrogens is 4. The van der Waals surface area contributed by atoms with Gasteiger partial charge >= 0.3 is 6.03 Å². The largest absolute Gasteiger partial charge is 0.383 e. The molecule has 13 nitrogen and oxygen atoms in total. The molecular formula is C26H27N9O4. The first-order chi connectivity index (χ1) is 18.8. The molecule has 200 valence electrons. The van der Waals surface area contributed by atoms with E-state index in [0.29, 0.717) is 60.5 Å². The lowest BCUT2D eigenvalue weighted by atomic mass is 9.63. The second-order valence-electron chi connectivity index (χ2n) is 9.53. The Bertz CT molecular complexity index is 1490. The smallest absolute Gasteiger partial charge is 0.328 e. The molecule has 3 amide bonds. The fourth-order valence-electron chi connectivity index (χ4n) is 5.22. The van der Waals surface area contributed by atoms with E-state index in [4.69, 9.17) is 4.74 Å². The summed E-state index contributed by atoms with van der Waals surface area (Å²) in [6.45, 7) is 0.904. The van der Waals surface area contributed by atoms with Gasteiger partial charge in [-0.1, -0.05) is 6.07 Å². The topological polar surface area (TPSA) is 158 Å². The highest BCUT2D eigenvalue weighted by Gasteiger charge is 2.59. The number of hydrogen-bond acceptors (Lipinski definition) is 9. The molecule has 0 atom stereocenters. The summed E-state index contributed by atoms with van der Waals surface area (Å²) in [5.74, 6) is 0.365. The van der Waals surface area contributed by atoms with E-state index in [9.17, 15) is 19.6 Å². The molecule has 0 radical (unpaired) electrons. The number of nitrogens with one attached hydrogen (secondary N) is 2. The average Bonchev–Trinajstić information content (AvgIpc) is 3.36. The van der Waals surface area contributed by atoms with Gasteiger partial charge in [0.25, 0.3) is 5.91 Å². The summed E-state index contributed by atoms with van der Waals surface area (Å²) in [5, 5.41) is 19.4. The van der Waals surface area contributed by atoms with Crippen LogP contribution in [0, 0.1) is 11.3 Å². The molecular weight excluding hydrogens is 502 g/mol. The van der Waals surface area contributed by atoms with Crippen molar-refractivity contribution in [2.45, 2.75) is 24.4 Å². The van der Waals surface area contributed by atoms with Gasteiger partial charge in [0.2, 0.25) is 0 Å². The van der Waals surface area contributed by atoms with E-state index in [2.05, 4.69) is 31.8 Å². The molecule has 0 saturated heterocycles. The third-order valence-electron chi connectivity index (χ3n) is 7.26. The highest BCUT2D eigenvalue weighted by molar-refractivity contribution is 6.03. The Labute approximate surface area is 224 Å². The molecule has 3 aromatic rings. The molecule has 6 rings (SSSR count). The van der Waals surface area contributed by atoms with Crippen molar-refractivity contribution < 1.29 is 19.1 Å². The summed E-state index contributed by atoms with van der Waals surface area (Å²) in [4.78, 5) is 50.3. The number of nitrogens with zero attached hydrogens (tertiary/aromatic N) is 7. The van der Waals surface area contributed by atoms with E-state index in [0.717, 1.165) is 0 Å². The number of carbonyl (C=O) groups excluding carboxylic acids is 3. The summed E-state index contributed by atoms with van der Waals surface area (Å²) in [6.07, 6.45) is 6.18. The first kappa shape index (κ1) is 25.8. The lowest BCUT2D eigenvalue weighted by molar-refractivity contribution is 0.0106. The number of anilines is 3. The molecule has 1 fully saturated rings. The third-order valence-corrected chi connectivity index (χ3v) is 7.26. The maximum Gasteiger partial charge on any atom is 0.328 e. The molecule has 39 heavy (non-hydrogen) atoms. The average molecular weight is 530 g/mol. The number of aryl methyl sites for hydroxylation is 1. The number of rotatable bonds is 8. The number of nitriles is 1. The highest BCUT2D eigenvalue weighted by atomic mass is 16.5. The molecule has 2 N–H and O–H groups in total. The normalized spacial score (nSPS) is 18.8. The van der Waals surface area contributed by atoms with Crippen molar-refractivity contribution in [3.8, 4) is 6.07 Å². The minimum atomic E-state index is -0.677. The standard InChI is InChI=1S/C26H27N9O4/c1-33-14-17(13-30-33)24(37)34(2)26-9-19(10-26)35(23-20(26)5-4-18(15-36)31-23)25(38)32-22-8-21(28-6-7-39-3)16(11-27)12-29-22/h4-5,8,12-15,19H,6-7,9-10H2,1-3H3,(H2,28,29,32,38). The van der Waals surface area contributed by atoms with Crippen LogP contribution in [0.4, 0.5) is 22.1 Å². The minimum absolute atomic E-state index is 0.172. The van der Waals surface area contributed by atoms with Crippen molar-refractivity contribution in [1.82, 2.24) is 24.6 Å². The van der Waals surface area contributed by atoms with Crippen molar-refractivity contribution in [3.63, 3.8) is 0 Å². The molecule has 3 aliphatic rings. The number of urea groups is 1. The van der Waals surface area contributed by atoms with Crippen molar-refractivity contribution in [1.29, 1.82) is 5.26 Å². The minimum Gasteiger partial charge on any atom is -0.383 e. The Morgan fingerprint density at radius 2 is 2.13 bits per heavy atom. The molecule has 13 heteroatoms. The number of pyridine rings is 2. The van der Waals surface area contributed by atoms with Gasteiger partial charge in [0.05, 0.1) is 35.2 Å². The summed E-state index contributed by atoms with van der Waals surface area (Å²) < 4.78 is 6.61. The monoisotopic (exact) mass is 529 g/mol. The van der Waals surface area contributed by atoms with Crippen molar-refractivity contribution in [2.24, 2.45) is 7.05 Å². The van der Waals surface area contributed by atoms with Crippen LogP contribution in [0.5, 0.6) is 0 Å². The van der Waals surface area contributed by atoms with E-state index in [1.165, 1.54) is 17.3 Å². The number of amides is 3. The molecule has 5 heterocycles. The van der Waals surface area contributed by atoms with Crippen LogP contribution in [0.2, 0.25) is 0 Å². The predicted molar refractivity (Wildman–Crippen MR) is 140 cm³/mol. The van der Waals surface area contributed by atoms with Gasteiger partial charge in [0.1, 0.15) is 23.4 Å². The zero-order chi connectivity index (χ0) is 27.7. The van der Waals surface area contributed by atoms with Crippen LogP contribution in [0.25, 0.3) is 0 Å². The van der Waals surface area contributed by atoms with E-state index < -0.39 is 11.6 Å². The van der Waals surface area contributed by atoms with E-state index in [-0.39, 0.29) is 23.5 Å². The number of hydrogen-bond donors (Lipinski definition) is 2. The van der Waals surface area contributed by atoms with Crippen molar-refractivity contribution >= 4 is 35.5 Å². The van der Waals surface area contributed by atoms with Crippen LogP contribution in [0.15, 0.2) is 36.8 Å². The predicted octanol–water partition coefficient (Wildman–Crippen LogP) is 2.13. The van der Waals surface area contributed by atoms with E-state index in [1.807, 2.05) is 0 Å². The number of ether oxygens (including phenoxy) is 1. The Balaban J connectivity index is 1.44. The molecule has 0 aromatic carbocycles. The van der Waals surface area contributed by atoms with E-state index in [1.54, 1.807) is 55.2 Å². The SMILES string of the molecule is COCCNc1cc(NC(=O)N2c3nc(C=O)ccc3C3(N(C)C(=O)c4cnn(C)c4)CC2C3)ncc1C#N. The lowest BCUT2D eigenvalue weighted by Gasteiger charge is -2.60. The zero-order valence-corrected chi connectivity index (χ0v) is 21.7. The Morgan fingerprint density at radius 1 is 1.33 bits per heavy atom. The molecule has 0 unspecified atom stereocenters. The molecule has 1 saturated carbocycles. The van der Waals surface area contributed by atoms with Gasteiger partial charge in [-0.25, -0.2) is 14.8 Å². The van der Waals surface area contributed by atoms with Gasteiger partial charge in [-0.15, -0.1) is 0 Å². The van der Waals surface area contributed by atoms with Crippen LogP contribution in [-0.2, 0) is 17.3 Å². The first-order valence-corrected chi connectivity index (χ1v) is 12.3. The molecule has 1 aliphatic carbocycles. The van der Waals surface area contributed by atoms with Crippen LogP contribution in [0.3, 0.4) is 0 Å². The molecule has 3 aromatic heterocycles. The summed E-state index contributed by atoms with van der Waals surface area (Å²) in [6, 6.07) is 6.26. The Morgan fingerprint density at radius 3 is 2.79 bits per heavy atom. The Kier molecular flexibility index (Phi) is 6.71. The number of carbonyl (C=O) groups is 3. The molecule has 0 spiro atoms. The van der Waals surface area contributed by atoms with Crippen molar-refractivity contribution in [2.75, 3.05) is 42.8 Å². The van der Waals surface area contributed by atoms with Gasteiger partial charge in [-0.2, -0.15) is 10.4 Å². The quantitative estimate of drug-likeness (QED) is 0.329. The number of methoxy groups -OCH3 is 1. The van der Waals surface area contributed by atoms with Gasteiger partial charge in [0, 0.05) is 57.8 Å². The Hall–Kier alpha value is -4.83. The third kappa shape index (κ3) is 4.44. The van der Waals surface area contributed by atoms with Gasteiger partial charge in [0.15, 0.2) is 6.29 Å². The lowest BCUT2D eigenvalue weighted by Crippen LogP contribution is -2.67. The first-order valence-electron chi connectivity index (χ1n) is 12.3. The van der Waals surface area contributed by atoms with Crippen LogP contribution >= 0.6 is 0 Å². The molecule has 2 bridgehead atoms. The maximum atomic E-state index is 13.6. The van der Waals surface area contributed by atoms with Crippen LogP contribution in [0.1, 0.15) is 44.8 Å². The van der Waals surface area contributed by atoms with Crippen LogP contribution in [-0.4, -0.2) is 76.2 Å². The van der Waals surface area contributed by atoms with Gasteiger partial charge in [-0.05, 0) is 18.9 Å². The maximum absolute atomic E-state index is 13.6. The van der Waals surface area contributed by atoms with Gasteiger partial charge in [-0.3, -0.25) is 24.5 Å². The summed E-state index contributed by atoms with van der Waals surface area (Å²) in [5.41, 5.74) is 1.47. The highest BCUT2D eigenvalue weighted by Crippen LogP contribution is 2.56. The number of aldehydes is 1. The van der Waals surface area contributed by atoms with Crippen LogP contribution < -0.4 is 15.5 Å². The zero-order valence-electron chi connectivity index (χ0n) is 21.7. The fourth-order valence-corrected chi connectivity index (χ4v) is 5.22. The second kappa shape index (κ2) is 10.1. The molecule has 2 aliphatic heterocycles.